The lowest BCUT2D eigenvalue weighted by molar-refractivity contribution is 0.148. The van der Waals surface area contributed by atoms with E-state index in [1.165, 1.54) is 28.7 Å². The number of hydrogen-bond donors (Lipinski definition) is 0. The van der Waals surface area contributed by atoms with Gasteiger partial charge in [-0.2, -0.15) is 5.10 Å². The number of hydrogen-bond acceptors (Lipinski definition) is 5. The molecular weight excluding hydrogens is 432 g/mol. The number of aryl methyl sites for hydroxylation is 1. The van der Waals surface area contributed by atoms with Crippen LogP contribution in [0.4, 0.5) is 0 Å². The van der Waals surface area contributed by atoms with E-state index in [1.54, 1.807) is 0 Å². The van der Waals surface area contributed by atoms with Crippen molar-refractivity contribution in [2.24, 2.45) is 0 Å². The second kappa shape index (κ2) is 12.0. The van der Waals surface area contributed by atoms with Gasteiger partial charge in [-0.3, -0.25) is 4.90 Å². The minimum Gasteiger partial charge on any atom is -0.309 e. The summed E-state index contributed by atoms with van der Waals surface area (Å²) in [5, 5.41) is 5.08. The predicted octanol–water partition coefficient (Wildman–Crippen LogP) is 3.84. The van der Waals surface area contributed by atoms with Crippen LogP contribution in [0.3, 0.4) is 0 Å². The second-order valence-electron chi connectivity index (χ2n) is 10.5. The molecule has 4 rings (SSSR count). The van der Waals surface area contributed by atoms with Crippen LogP contribution in [-0.4, -0.2) is 97.3 Å². The van der Waals surface area contributed by atoms with Crippen molar-refractivity contribution in [3.05, 3.63) is 71.4 Å². The molecule has 1 fully saturated rings. The average Bonchev–Trinajstić information content (AvgIpc) is 3.24. The molecule has 3 aromatic rings. The van der Waals surface area contributed by atoms with Gasteiger partial charge < -0.3 is 14.7 Å². The van der Waals surface area contributed by atoms with Gasteiger partial charge in [-0.1, -0.05) is 36.4 Å². The van der Waals surface area contributed by atoms with E-state index in [1.807, 2.05) is 0 Å². The number of benzene rings is 2. The number of rotatable bonds is 10. The first kappa shape index (κ1) is 25.6. The zero-order valence-corrected chi connectivity index (χ0v) is 22.2. The minimum atomic E-state index is 0.862. The van der Waals surface area contributed by atoms with E-state index in [9.17, 15) is 0 Å². The Kier molecular flexibility index (Phi) is 8.74. The van der Waals surface area contributed by atoms with Crippen molar-refractivity contribution < 1.29 is 0 Å². The minimum absolute atomic E-state index is 0.862. The topological polar surface area (TPSA) is 30.8 Å². The van der Waals surface area contributed by atoms with Gasteiger partial charge in [0, 0.05) is 56.6 Å². The van der Waals surface area contributed by atoms with Gasteiger partial charge in [0.1, 0.15) is 0 Å². The van der Waals surface area contributed by atoms with Gasteiger partial charge in [0.25, 0.3) is 0 Å². The molecule has 0 bridgehead atoms. The molecule has 1 aliphatic rings. The van der Waals surface area contributed by atoms with Gasteiger partial charge in [0.2, 0.25) is 0 Å². The number of piperazine rings is 1. The molecule has 2 aromatic carbocycles. The van der Waals surface area contributed by atoms with E-state index in [0.29, 0.717) is 0 Å². The summed E-state index contributed by atoms with van der Waals surface area (Å²) in [7, 11) is 10.7. The Morgan fingerprint density at radius 3 is 2.29 bits per heavy atom. The van der Waals surface area contributed by atoms with Gasteiger partial charge in [-0.15, -0.1) is 0 Å². The van der Waals surface area contributed by atoms with E-state index in [-0.39, 0.29) is 0 Å². The standard InChI is InChI=1S/C29H42N6/c1-31(2)15-7-9-24-11-13-26(14-12-24)29-27(22-32(3)4)23-35(30-29)28-10-6-8-25(20-28)21-34-18-16-33(5)17-19-34/h6,8,10-14,20,23H,7,9,15-19,21-22H2,1-5H3. The summed E-state index contributed by atoms with van der Waals surface area (Å²) in [4.78, 5) is 9.41. The molecule has 0 amide bonds. The van der Waals surface area contributed by atoms with E-state index < -0.39 is 0 Å². The Morgan fingerprint density at radius 2 is 1.60 bits per heavy atom. The van der Waals surface area contributed by atoms with Crippen LogP contribution in [-0.2, 0) is 19.5 Å². The molecule has 6 heteroatoms. The third-order valence-electron chi connectivity index (χ3n) is 6.75. The SMILES string of the molecule is CN(C)CCCc1ccc(-c2nn(-c3cccc(CN4CCN(C)CC4)c3)cc2CN(C)C)cc1. The summed E-state index contributed by atoms with van der Waals surface area (Å²) >= 11 is 0. The van der Waals surface area contributed by atoms with Crippen LogP contribution in [0.5, 0.6) is 0 Å². The summed E-state index contributed by atoms with van der Waals surface area (Å²) in [6.45, 7) is 7.52. The van der Waals surface area contributed by atoms with E-state index in [4.69, 9.17) is 5.10 Å². The maximum absolute atomic E-state index is 5.08. The van der Waals surface area contributed by atoms with Crippen molar-refractivity contribution in [2.75, 3.05) is 68.0 Å². The monoisotopic (exact) mass is 474 g/mol. The molecule has 0 radical (unpaired) electrons. The summed E-state index contributed by atoms with van der Waals surface area (Å²) in [6, 6.07) is 17.9. The Bertz CT molecular complexity index is 1060. The fraction of sp³-hybridized carbons (Fsp3) is 0.483. The molecule has 35 heavy (non-hydrogen) atoms. The van der Waals surface area contributed by atoms with Crippen molar-refractivity contribution in [3.8, 4) is 16.9 Å². The number of likely N-dealkylation sites (N-methyl/N-ethyl adjacent to an activating group) is 1. The van der Waals surface area contributed by atoms with Crippen LogP contribution in [0.2, 0.25) is 0 Å². The molecule has 0 unspecified atom stereocenters. The predicted molar refractivity (Wildman–Crippen MR) is 146 cm³/mol. The van der Waals surface area contributed by atoms with Crippen molar-refractivity contribution in [1.29, 1.82) is 0 Å². The maximum atomic E-state index is 5.08. The largest absolute Gasteiger partial charge is 0.309 e. The first-order valence-corrected chi connectivity index (χ1v) is 12.8. The molecule has 0 spiro atoms. The second-order valence-corrected chi connectivity index (χ2v) is 10.5. The first-order chi connectivity index (χ1) is 16.9. The molecule has 1 saturated heterocycles. The molecule has 0 N–H and O–H groups in total. The molecule has 6 nitrogen and oxygen atoms in total. The fourth-order valence-corrected chi connectivity index (χ4v) is 4.73. The van der Waals surface area contributed by atoms with Gasteiger partial charge in [-0.05, 0) is 77.9 Å². The highest BCUT2D eigenvalue weighted by atomic mass is 15.3. The highest BCUT2D eigenvalue weighted by molar-refractivity contribution is 5.63. The molecule has 188 valence electrons. The lowest BCUT2D eigenvalue weighted by atomic mass is 10.0. The van der Waals surface area contributed by atoms with Crippen molar-refractivity contribution in [1.82, 2.24) is 29.4 Å². The molecule has 1 aromatic heterocycles. The summed E-state index contributed by atoms with van der Waals surface area (Å²) in [6.07, 6.45) is 4.49. The zero-order valence-electron chi connectivity index (χ0n) is 22.2. The van der Waals surface area contributed by atoms with Gasteiger partial charge in [0.05, 0.1) is 11.4 Å². The van der Waals surface area contributed by atoms with Crippen molar-refractivity contribution >= 4 is 0 Å². The Balaban J connectivity index is 1.53. The van der Waals surface area contributed by atoms with Crippen molar-refractivity contribution in [3.63, 3.8) is 0 Å². The van der Waals surface area contributed by atoms with Crippen LogP contribution in [0.25, 0.3) is 16.9 Å². The molecule has 0 atom stereocenters. The van der Waals surface area contributed by atoms with Crippen LogP contribution < -0.4 is 0 Å². The number of nitrogens with zero attached hydrogens (tertiary/aromatic N) is 6. The van der Waals surface area contributed by atoms with E-state index in [0.717, 1.165) is 63.6 Å². The quantitative estimate of drug-likeness (QED) is 0.446. The Morgan fingerprint density at radius 1 is 0.857 bits per heavy atom. The van der Waals surface area contributed by atoms with Crippen molar-refractivity contribution in [2.45, 2.75) is 25.9 Å². The van der Waals surface area contributed by atoms with E-state index >= 15 is 0 Å². The molecule has 2 heterocycles. The lowest BCUT2D eigenvalue weighted by Gasteiger charge is -2.32. The summed E-state index contributed by atoms with van der Waals surface area (Å²) < 4.78 is 2.06. The zero-order chi connectivity index (χ0) is 24.8. The molecule has 1 aliphatic heterocycles. The average molecular weight is 475 g/mol. The van der Waals surface area contributed by atoms with Crippen LogP contribution >= 0.6 is 0 Å². The third-order valence-corrected chi connectivity index (χ3v) is 6.75. The lowest BCUT2D eigenvalue weighted by Crippen LogP contribution is -2.43. The van der Waals surface area contributed by atoms with E-state index in [2.05, 4.69) is 114 Å². The first-order valence-electron chi connectivity index (χ1n) is 12.8. The molecule has 0 aliphatic carbocycles. The third kappa shape index (κ3) is 7.24. The number of aromatic nitrogens is 2. The Hall–Kier alpha value is -2.51. The summed E-state index contributed by atoms with van der Waals surface area (Å²) in [5.41, 5.74) is 7.37. The van der Waals surface area contributed by atoms with Gasteiger partial charge in [0.15, 0.2) is 0 Å². The molecule has 0 saturated carbocycles. The van der Waals surface area contributed by atoms with Gasteiger partial charge >= 0.3 is 0 Å². The van der Waals surface area contributed by atoms with Crippen LogP contribution in [0, 0.1) is 0 Å². The fourth-order valence-electron chi connectivity index (χ4n) is 4.73. The molecular formula is C29H42N6. The maximum Gasteiger partial charge on any atom is 0.0972 e. The smallest absolute Gasteiger partial charge is 0.0972 e. The highest BCUT2D eigenvalue weighted by Gasteiger charge is 2.16. The van der Waals surface area contributed by atoms with Gasteiger partial charge in [-0.25, -0.2) is 4.68 Å². The highest BCUT2D eigenvalue weighted by Crippen LogP contribution is 2.26. The normalized spacial score (nSPS) is 15.4. The Labute approximate surface area is 211 Å². The van der Waals surface area contributed by atoms with Crippen LogP contribution in [0.1, 0.15) is 23.1 Å². The van der Waals surface area contributed by atoms with Crippen LogP contribution in [0.15, 0.2) is 54.7 Å². The summed E-state index contributed by atoms with van der Waals surface area (Å²) in [5.74, 6) is 0.